The van der Waals surface area contributed by atoms with Gasteiger partial charge in [0.05, 0.1) is 6.54 Å². The first kappa shape index (κ1) is 18.9. The van der Waals surface area contributed by atoms with Crippen LogP contribution < -0.4 is 0 Å². The summed E-state index contributed by atoms with van der Waals surface area (Å²) in [6, 6.07) is 1.38. The first-order valence-corrected chi connectivity index (χ1v) is 10.2. The first-order valence-electron chi connectivity index (χ1n) is 10.2. The van der Waals surface area contributed by atoms with Gasteiger partial charge < -0.3 is 4.57 Å². The number of amides is 4. The van der Waals surface area contributed by atoms with Crippen molar-refractivity contribution in [3.05, 3.63) is 23.0 Å². The van der Waals surface area contributed by atoms with Crippen LogP contribution in [-0.2, 0) is 9.59 Å². The van der Waals surface area contributed by atoms with Gasteiger partial charge in [0, 0.05) is 29.0 Å². The summed E-state index contributed by atoms with van der Waals surface area (Å²) >= 11 is 0. The van der Waals surface area contributed by atoms with Crippen molar-refractivity contribution < 1.29 is 19.2 Å². The molecular formula is C21H27N3O4. The molecule has 28 heavy (non-hydrogen) atoms. The van der Waals surface area contributed by atoms with Crippen LogP contribution >= 0.6 is 0 Å². The molecule has 3 aliphatic rings. The normalized spacial score (nSPS) is 25.8. The number of Topliss-reactive ketones (excluding diaryl/α,β-unsaturated/α-hetero) is 1. The molecule has 3 fully saturated rings. The molecule has 0 aromatic carbocycles. The van der Waals surface area contributed by atoms with Gasteiger partial charge >= 0.3 is 17.8 Å². The van der Waals surface area contributed by atoms with Crippen LogP contribution in [0.2, 0.25) is 0 Å². The molecule has 1 aliphatic heterocycles. The topological polar surface area (TPSA) is 79.7 Å². The molecular weight excluding hydrogens is 358 g/mol. The summed E-state index contributed by atoms with van der Waals surface area (Å²) in [4.78, 5) is 52.7. The minimum absolute atomic E-state index is 0.169. The molecule has 4 rings (SSSR count). The molecule has 7 nitrogen and oxygen atoms in total. The van der Waals surface area contributed by atoms with Crippen LogP contribution in [0.4, 0.5) is 4.79 Å². The summed E-state index contributed by atoms with van der Waals surface area (Å²) in [6.07, 6.45) is 5.87. The zero-order valence-electron chi connectivity index (χ0n) is 16.7. The zero-order valence-corrected chi connectivity index (χ0v) is 16.7. The van der Waals surface area contributed by atoms with Crippen molar-refractivity contribution in [2.45, 2.75) is 71.4 Å². The van der Waals surface area contributed by atoms with Crippen LogP contribution in [-0.4, -0.2) is 50.6 Å². The van der Waals surface area contributed by atoms with Gasteiger partial charge in [-0.1, -0.05) is 19.8 Å². The molecule has 1 aromatic heterocycles. The largest absolute Gasteiger partial charge is 0.345 e. The Bertz CT molecular complexity index is 867. The summed E-state index contributed by atoms with van der Waals surface area (Å²) in [6.45, 7) is 5.49. The molecule has 2 saturated carbocycles. The highest BCUT2D eigenvalue weighted by molar-refractivity contribution is 6.45. The van der Waals surface area contributed by atoms with E-state index >= 15 is 0 Å². The smallest absolute Gasteiger partial charge is 0.334 e. The van der Waals surface area contributed by atoms with E-state index in [2.05, 4.69) is 4.57 Å². The maximum absolute atomic E-state index is 12.9. The van der Waals surface area contributed by atoms with E-state index < -0.39 is 17.8 Å². The van der Waals surface area contributed by atoms with Crippen molar-refractivity contribution in [2.75, 3.05) is 6.54 Å². The number of nitrogens with zero attached hydrogens (tertiary/aromatic N) is 3. The van der Waals surface area contributed by atoms with Crippen LogP contribution in [0.5, 0.6) is 0 Å². The molecule has 4 amide bonds. The highest BCUT2D eigenvalue weighted by Crippen LogP contribution is 2.38. The van der Waals surface area contributed by atoms with E-state index in [4.69, 9.17) is 0 Å². The Hall–Kier alpha value is -2.44. The molecule has 0 bridgehead atoms. The summed E-state index contributed by atoms with van der Waals surface area (Å²) in [7, 11) is 0. The predicted octanol–water partition coefficient (Wildman–Crippen LogP) is 2.99. The van der Waals surface area contributed by atoms with Crippen LogP contribution in [0.3, 0.4) is 0 Å². The fraction of sp³-hybridized carbons (Fsp3) is 0.619. The predicted molar refractivity (Wildman–Crippen MR) is 102 cm³/mol. The van der Waals surface area contributed by atoms with Gasteiger partial charge in [0.25, 0.3) is 0 Å². The van der Waals surface area contributed by atoms with Gasteiger partial charge in [0.2, 0.25) is 0 Å². The van der Waals surface area contributed by atoms with E-state index in [1.54, 1.807) is 0 Å². The molecule has 150 valence electrons. The number of aryl methyl sites for hydroxylation is 1. The van der Waals surface area contributed by atoms with Gasteiger partial charge in [-0.25, -0.2) is 9.69 Å². The fourth-order valence-electron chi connectivity index (χ4n) is 4.82. The molecule has 7 heteroatoms. The molecule has 1 aromatic rings. The van der Waals surface area contributed by atoms with Crippen molar-refractivity contribution in [1.29, 1.82) is 0 Å². The highest BCUT2D eigenvalue weighted by atomic mass is 16.2. The van der Waals surface area contributed by atoms with Crippen molar-refractivity contribution in [2.24, 2.45) is 5.92 Å². The average Bonchev–Trinajstić information content (AvgIpc) is 3.41. The Labute approximate surface area is 164 Å². The van der Waals surface area contributed by atoms with Gasteiger partial charge in [-0.2, -0.15) is 0 Å². The molecule has 2 atom stereocenters. The van der Waals surface area contributed by atoms with Crippen LogP contribution in [0.15, 0.2) is 6.07 Å². The number of ketones is 1. The number of rotatable bonds is 5. The number of aromatic nitrogens is 1. The van der Waals surface area contributed by atoms with Gasteiger partial charge in [0.1, 0.15) is 0 Å². The summed E-state index contributed by atoms with van der Waals surface area (Å²) < 4.78 is 2.15. The lowest BCUT2D eigenvalue weighted by molar-refractivity contribution is -0.144. The Morgan fingerprint density at radius 1 is 1.04 bits per heavy atom. The molecule has 0 N–H and O–H groups in total. The number of imide groups is 2. The minimum atomic E-state index is -0.882. The zero-order chi connectivity index (χ0) is 20.2. The lowest BCUT2D eigenvalue weighted by Gasteiger charge is -2.34. The van der Waals surface area contributed by atoms with E-state index in [1.165, 1.54) is 0 Å². The Morgan fingerprint density at radius 2 is 1.71 bits per heavy atom. The average molecular weight is 385 g/mol. The number of hydrogen-bond donors (Lipinski definition) is 0. The van der Waals surface area contributed by atoms with E-state index in [-0.39, 0.29) is 24.3 Å². The third-order valence-electron chi connectivity index (χ3n) is 6.48. The number of carbonyl (C=O) groups excluding carboxylic acids is 4. The first-order chi connectivity index (χ1) is 13.3. The lowest BCUT2D eigenvalue weighted by atomic mass is 9.85. The van der Waals surface area contributed by atoms with Gasteiger partial charge in [0.15, 0.2) is 5.78 Å². The molecule has 0 unspecified atom stereocenters. The molecule has 0 spiro atoms. The quantitative estimate of drug-likeness (QED) is 0.443. The SMILES string of the molecule is Cc1cc(C(=O)CN2C(=O)C(=O)N([C@@H]3CCCC[C@@H]3C)C2=O)c(C)n1C1CC1. The summed E-state index contributed by atoms with van der Waals surface area (Å²) in [5, 5.41) is 0. The van der Waals surface area contributed by atoms with Crippen LogP contribution in [0.25, 0.3) is 0 Å². The Balaban J connectivity index is 1.54. The van der Waals surface area contributed by atoms with Crippen molar-refractivity contribution in [3.8, 4) is 0 Å². The maximum Gasteiger partial charge on any atom is 0.334 e. The Morgan fingerprint density at radius 3 is 2.36 bits per heavy atom. The van der Waals surface area contributed by atoms with Crippen molar-refractivity contribution >= 4 is 23.6 Å². The third-order valence-corrected chi connectivity index (χ3v) is 6.48. The second-order valence-corrected chi connectivity index (χ2v) is 8.49. The van der Waals surface area contributed by atoms with Gasteiger partial charge in [-0.3, -0.25) is 19.3 Å². The lowest BCUT2D eigenvalue weighted by Crippen LogP contribution is -2.46. The second kappa shape index (κ2) is 6.87. The fourth-order valence-corrected chi connectivity index (χ4v) is 4.82. The molecule has 0 radical (unpaired) electrons. The summed E-state index contributed by atoms with van der Waals surface area (Å²) in [5.41, 5.74) is 2.41. The minimum Gasteiger partial charge on any atom is -0.345 e. The third kappa shape index (κ3) is 2.97. The van der Waals surface area contributed by atoms with Crippen molar-refractivity contribution in [3.63, 3.8) is 0 Å². The number of hydrogen-bond acceptors (Lipinski definition) is 4. The van der Waals surface area contributed by atoms with Crippen molar-refractivity contribution in [1.82, 2.24) is 14.4 Å². The standard InChI is InChI=1S/C21H27N3O4/c1-12-6-4-5-7-17(12)24-20(27)19(26)22(21(24)28)11-18(25)16-10-13(2)23(14(16)3)15-8-9-15/h10,12,15,17H,4-9,11H2,1-3H3/t12-,17+/m0/s1. The molecule has 2 heterocycles. The van der Waals surface area contributed by atoms with E-state index in [0.717, 1.165) is 59.7 Å². The highest BCUT2D eigenvalue weighted by Gasteiger charge is 2.49. The number of urea groups is 1. The van der Waals surface area contributed by atoms with Gasteiger partial charge in [-0.05, 0) is 51.5 Å². The van der Waals surface area contributed by atoms with Gasteiger partial charge in [-0.15, -0.1) is 0 Å². The van der Waals surface area contributed by atoms with E-state index in [9.17, 15) is 19.2 Å². The monoisotopic (exact) mass is 385 g/mol. The Kier molecular flexibility index (Phi) is 4.63. The number of carbonyl (C=O) groups is 4. The molecule has 2 aliphatic carbocycles. The second-order valence-electron chi connectivity index (χ2n) is 8.49. The van der Waals surface area contributed by atoms with E-state index in [1.807, 2.05) is 26.8 Å². The molecule has 1 saturated heterocycles. The maximum atomic E-state index is 12.9. The van der Waals surface area contributed by atoms with Crippen LogP contribution in [0, 0.1) is 19.8 Å². The summed E-state index contributed by atoms with van der Waals surface area (Å²) in [5.74, 6) is -1.80. The van der Waals surface area contributed by atoms with E-state index in [0.29, 0.717) is 11.6 Å². The van der Waals surface area contributed by atoms with Crippen LogP contribution in [0.1, 0.15) is 73.2 Å².